The molecule has 0 aliphatic carbocycles. The van der Waals surface area contributed by atoms with Crippen molar-refractivity contribution < 1.29 is 47.3 Å². The molecule has 0 saturated carbocycles. The van der Waals surface area contributed by atoms with Gasteiger partial charge in [0.05, 0.1) is 43.8 Å². The number of rotatable bonds is 27. The Morgan fingerprint density at radius 3 is 2.31 bits per heavy atom. The van der Waals surface area contributed by atoms with Crippen molar-refractivity contribution in [2.24, 2.45) is 0 Å². The lowest BCUT2D eigenvalue weighted by Gasteiger charge is -2.27. The molecule has 2 aromatic heterocycles. The fourth-order valence-electron chi connectivity index (χ4n) is 6.81. The van der Waals surface area contributed by atoms with Crippen molar-refractivity contribution in [3.63, 3.8) is 0 Å². The lowest BCUT2D eigenvalue weighted by atomic mass is 9.93. The zero-order valence-electron chi connectivity index (χ0n) is 32.2. The van der Waals surface area contributed by atoms with Gasteiger partial charge in [-0.1, -0.05) is 90.4 Å². The van der Waals surface area contributed by atoms with Gasteiger partial charge in [-0.05, 0) is 49.2 Å². The molecule has 1 aromatic carbocycles. The van der Waals surface area contributed by atoms with E-state index in [1.807, 2.05) is 6.07 Å². The van der Waals surface area contributed by atoms with Crippen LogP contribution in [0.4, 0.5) is 10.2 Å². The monoisotopic (exact) mass is 791 g/mol. The molecule has 4 rings (SSSR count). The molecule has 14 nitrogen and oxygen atoms in total. The Hall–Kier alpha value is -3.03. The number of phosphoric ester groups is 1. The van der Waals surface area contributed by atoms with E-state index in [0.29, 0.717) is 23.4 Å². The summed E-state index contributed by atoms with van der Waals surface area (Å²) < 4.78 is 56.7. The molecule has 3 aromatic rings. The maximum atomic E-state index is 14.0. The van der Waals surface area contributed by atoms with Crippen molar-refractivity contribution >= 4 is 19.2 Å². The van der Waals surface area contributed by atoms with Crippen molar-refractivity contribution in [1.82, 2.24) is 14.6 Å². The topological polar surface area (TPSA) is 204 Å². The highest BCUT2D eigenvalue weighted by Gasteiger charge is 2.54. The normalized spacial score (nSPS) is 21.5. The second-order valence-corrected chi connectivity index (χ2v) is 15.9. The molecule has 3 heterocycles. The van der Waals surface area contributed by atoms with Gasteiger partial charge >= 0.3 is 7.82 Å². The minimum atomic E-state index is -4.74. The average Bonchev–Trinajstić information content (AvgIpc) is 3.71. The smallest absolute Gasteiger partial charge is 0.387 e. The molecule has 1 saturated heterocycles. The van der Waals surface area contributed by atoms with Crippen LogP contribution in [-0.2, 0) is 40.0 Å². The Labute approximate surface area is 323 Å². The Morgan fingerprint density at radius 2 is 1.65 bits per heavy atom. The summed E-state index contributed by atoms with van der Waals surface area (Å²) in [5, 5.41) is 35.2. The molecule has 1 unspecified atom stereocenters. The lowest BCUT2D eigenvalue weighted by molar-refractivity contribution is -0.0901. The first-order valence-electron chi connectivity index (χ1n) is 19.6. The molecule has 5 N–H and O–H groups in total. The highest BCUT2D eigenvalue weighted by atomic mass is 31.2. The fourth-order valence-corrected chi connectivity index (χ4v) is 7.57. The number of nitrogens with two attached hydrogens (primary N) is 1. The summed E-state index contributed by atoms with van der Waals surface area (Å²) in [4.78, 5) is 14.5. The van der Waals surface area contributed by atoms with Crippen molar-refractivity contribution in [2.75, 3.05) is 32.2 Å². The van der Waals surface area contributed by atoms with E-state index in [1.54, 1.807) is 19.1 Å². The summed E-state index contributed by atoms with van der Waals surface area (Å²) in [6, 6.07) is 9.03. The van der Waals surface area contributed by atoms with Crippen LogP contribution < -0.4 is 5.73 Å². The van der Waals surface area contributed by atoms with E-state index in [4.69, 9.17) is 29.0 Å². The largest absolute Gasteiger partial charge is 0.472 e. The Morgan fingerprint density at radius 1 is 1.00 bits per heavy atom. The van der Waals surface area contributed by atoms with Gasteiger partial charge in [-0.2, -0.15) is 10.4 Å². The van der Waals surface area contributed by atoms with Gasteiger partial charge in [0, 0.05) is 6.61 Å². The second-order valence-electron chi connectivity index (χ2n) is 14.5. The number of halogens is 1. The van der Waals surface area contributed by atoms with Gasteiger partial charge in [-0.3, -0.25) is 9.05 Å². The van der Waals surface area contributed by atoms with Gasteiger partial charge in [-0.25, -0.2) is 18.5 Å². The number of anilines is 1. The third-order valence-corrected chi connectivity index (χ3v) is 10.9. The molecule has 16 heteroatoms. The number of aliphatic hydroxyl groups is 2. The van der Waals surface area contributed by atoms with Gasteiger partial charge in [0.2, 0.25) is 0 Å². The van der Waals surface area contributed by atoms with Crippen LogP contribution >= 0.6 is 7.82 Å². The van der Waals surface area contributed by atoms with Gasteiger partial charge < -0.3 is 35.1 Å². The number of nitrogen functional groups attached to an aromatic ring is 1. The number of hydrogen-bond acceptors (Lipinski definition) is 12. The molecule has 0 amide bonds. The number of aromatic nitrogens is 3. The molecule has 1 aliphatic heterocycles. The molecule has 1 fully saturated rings. The summed E-state index contributed by atoms with van der Waals surface area (Å²) in [6.45, 7) is 3.15. The maximum Gasteiger partial charge on any atom is 0.472 e. The lowest BCUT2D eigenvalue weighted by Crippen LogP contribution is -2.39. The molecule has 6 atom stereocenters. The Bertz CT molecular complexity index is 1690. The van der Waals surface area contributed by atoms with Crippen molar-refractivity contribution in [2.45, 2.75) is 140 Å². The average molecular weight is 792 g/mol. The number of aliphatic hydroxyl groups excluding tert-OH is 2. The zero-order valence-corrected chi connectivity index (χ0v) is 33.1. The first kappa shape index (κ1) is 44.7. The van der Waals surface area contributed by atoms with Crippen molar-refractivity contribution in [3.8, 4) is 6.07 Å². The van der Waals surface area contributed by atoms with Crippen LogP contribution in [-0.4, -0.2) is 80.5 Å². The summed E-state index contributed by atoms with van der Waals surface area (Å²) in [5.74, 6) is -0.380. The number of benzene rings is 1. The molecule has 306 valence electrons. The van der Waals surface area contributed by atoms with E-state index in [9.17, 15) is 29.3 Å². The van der Waals surface area contributed by atoms with E-state index in [1.165, 1.54) is 93.6 Å². The molecule has 1 aliphatic rings. The Kier molecular flexibility index (Phi) is 18.4. The molecule has 55 heavy (non-hydrogen) atoms. The highest BCUT2D eigenvalue weighted by molar-refractivity contribution is 7.47. The highest BCUT2D eigenvalue weighted by Crippen LogP contribution is 2.46. The third-order valence-electron chi connectivity index (χ3n) is 10.00. The van der Waals surface area contributed by atoms with E-state index in [2.05, 4.69) is 17.0 Å². The molecule has 0 bridgehead atoms. The van der Waals surface area contributed by atoms with Crippen molar-refractivity contribution in [1.29, 1.82) is 5.26 Å². The number of nitrogens with zero attached hydrogens (tertiary/aromatic N) is 4. The predicted molar refractivity (Wildman–Crippen MR) is 204 cm³/mol. The number of unbranched alkanes of at least 4 members (excludes halogenated alkanes) is 13. The quantitative estimate of drug-likeness (QED) is 0.0460. The van der Waals surface area contributed by atoms with Gasteiger partial charge in [-0.15, -0.1) is 0 Å². The van der Waals surface area contributed by atoms with Crippen LogP contribution in [0.15, 0.2) is 36.7 Å². The second kappa shape index (κ2) is 22.6. The van der Waals surface area contributed by atoms with Crippen LogP contribution in [0.25, 0.3) is 5.52 Å². The van der Waals surface area contributed by atoms with E-state index < -0.39 is 56.9 Å². The first-order valence-corrected chi connectivity index (χ1v) is 21.1. The zero-order chi connectivity index (χ0) is 39.7. The SMILES string of the molecule is CCCCCCCCCCCCCCCCOC[C@H](COP(=O)(O)OC[C@H]1O[C@@](C)(c2ccc3c(N)ncnn23)[C@H](O)[C@@H]1O)OCc1cc(F)cc(C#N)c1. The first-order chi connectivity index (χ1) is 26.5. The third kappa shape index (κ3) is 13.8. The molecule has 0 radical (unpaired) electrons. The molecule has 0 spiro atoms. The summed E-state index contributed by atoms with van der Waals surface area (Å²) >= 11 is 0. The predicted octanol–water partition coefficient (Wildman–Crippen LogP) is 6.87. The number of fused-ring (bicyclic) bond motifs is 1. The van der Waals surface area contributed by atoms with Crippen molar-refractivity contribution in [3.05, 3.63) is 59.3 Å². The van der Waals surface area contributed by atoms with Crippen LogP contribution in [0.3, 0.4) is 0 Å². The van der Waals surface area contributed by atoms with E-state index in [-0.39, 0.29) is 24.6 Å². The van der Waals surface area contributed by atoms with Crippen LogP contribution in [0, 0.1) is 17.1 Å². The standard InChI is InChI=1S/C39H59FN5O9P/c1-3-4-5-6-7-8-9-10-11-12-13-14-15-16-19-50-25-32(51-24-30-20-29(23-41)21-31(40)22-30)26-52-55(48,49)53-27-34-36(46)37(47)39(2,54-34)35-18-17-33-38(42)43-28-44-45(33)35/h17-18,20-22,28,32,34,36-37,46-47H,3-16,19,24-27H2,1-2H3,(H,48,49)(H2,42,43,44)/t32-,34-,36-,37-,39+/m1/s1. The van der Waals surface area contributed by atoms with Gasteiger partial charge in [0.25, 0.3) is 0 Å². The van der Waals surface area contributed by atoms with Crippen LogP contribution in [0.2, 0.25) is 0 Å². The minimum Gasteiger partial charge on any atom is -0.387 e. The van der Waals surface area contributed by atoms with E-state index in [0.717, 1.165) is 25.3 Å². The van der Waals surface area contributed by atoms with Crippen LogP contribution in [0.1, 0.15) is 121 Å². The number of nitriles is 1. The summed E-state index contributed by atoms with van der Waals surface area (Å²) in [5.41, 5.74) is 5.84. The van der Waals surface area contributed by atoms with Crippen LogP contribution in [0.5, 0.6) is 0 Å². The number of phosphoric acid groups is 1. The minimum absolute atomic E-state index is 0.0210. The maximum absolute atomic E-state index is 14.0. The fraction of sp³-hybridized carbons (Fsp3) is 0.667. The Balaban J connectivity index is 1.21. The molecular formula is C39H59FN5O9P. The molecular weight excluding hydrogens is 732 g/mol. The van der Waals surface area contributed by atoms with E-state index >= 15 is 0 Å². The van der Waals surface area contributed by atoms with Gasteiger partial charge in [0.15, 0.2) is 5.82 Å². The number of ether oxygens (including phenoxy) is 3. The number of hydrogen-bond donors (Lipinski definition) is 4. The summed E-state index contributed by atoms with van der Waals surface area (Å²) in [6.07, 6.45) is 13.6. The summed E-state index contributed by atoms with van der Waals surface area (Å²) in [7, 11) is -4.74. The van der Waals surface area contributed by atoms with Gasteiger partial charge in [0.1, 0.15) is 47.7 Å².